The Morgan fingerprint density at radius 2 is 0.373 bits per heavy atom. The molecule has 8 aliphatic rings. The molecule has 0 radical (unpaired) electrons. The van der Waals surface area contributed by atoms with Crippen LogP contribution in [0.4, 0.5) is 34.1 Å². The quantitative estimate of drug-likeness (QED) is 0.0588. The van der Waals surface area contributed by atoms with E-state index in [0.717, 1.165) is 0 Å². The molecule has 8 saturated carbocycles. The second-order valence-corrected chi connectivity index (χ2v) is 64.6. The SMILES string of the molecule is C[Si](C)(C)c1cc(N(c2cc(C3CCCCC3)cc(C3CCCCC3)c2)c2c3ccc(C4CCCCC4)cc3c(-c3c4cc(C5CCCCC5)ccc4c(N(c4cc(C5CCCCC5)cc(C5CCCCC5)c4)c4cc([Si](C)(C)C)cc([Si](C)(C)C)c4)c4cc(C5CCCCC5)ccc34)c3ccc(C4CCCCC4)cc23)cc([Si](C)(C)C)c1. The van der Waals surface area contributed by atoms with Crippen molar-refractivity contribution in [1.82, 2.24) is 0 Å². The normalized spacial score (nSPS) is 19.9. The van der Waals surface area contributed by atoms with Gasteiger partial charge < -0.3 is 9.80 Å². The minimum absolute atomic E-state index is 0.532. The predicted octanol–water partition coefficient (Wildman–Crippen LogP) is 33.5. The molecule has 0 N–H and O–H groups in total. The number of hydrogen-bond acceptors (Lipinski definition) is 2. The third-order valence-corrected chi connectivity index (χ3v) is 39.9. The first-order chi connectivity index (χ1) is 57.0. The molecule has 0 aromatic heterocycles. The van der Waals surface area contributed by atoms with Gasteiger partial charge in [-0.3, -0.25) is 0 Å². The Balaban J connectivity index is 1.03. The van der Waals surface area contributed by atoms with Gasteiger partial charge in [-0.2, -0.15) is 0 Å². The Bertz CT molecular complexity index is 4790. The van der Waals surface area contributed by atoms with Gasteiger partial charge in [0.25, 0.3) is 0 Å². The summed E-state index contributed by atoms with van der Waals surface area (Å²) in [5.41, 5.74) is 24.2. The highest BCUT2D eigenvalue weighted by Crippen LogP contribution is 2.58. The van der Waals surface area contributed by atoms with Gasteiger partial charge in [0, 0.05) is 44.3 Å². The van der Waals surface area contributed by atoms with Gasteiger partial charge >= 0.3 is 0 Å². The fourth-order valence-electron chi connectivity index (χ4n) is 24.6. The highest BCUT2D eigenvalue weighted by Gasteiger charge is 2.37. The number of benzene rings is 10. The zero-order chi connectivity index (χ0) is 81.2. The summed E-state index contributed by atoms with van der Waals surface area (Å²) >= 11 is 0. The topological polar surface area (TPSA) is 6.48 Å². The molecule has 0 spiro atoms. The first kappa shape index (κ1) is 82.6. The van der Waals surface area contributed by atoms with Crippen LogP contribution in [0.5, 0.6) is 0 Å². The number of fused-ring (bicyclic) bond motifs is 4. The molecule has 0 aliphatic heterocycles. The maximum Gasteiger partial charge on any atom is 0.0776 e. The molecule has 0 heterocycles. The molecule has 8 aliphatic carbocycles. The van der Waals surface area contributed by atoms with E-state index in [9.17, 15) is 0 Å². The van der Waals surface area contributed by atoms with Crippen LogP contribution in [0.2, 0.25) is 78.6 Å². The van der Waals surface area contributed by atoms with Gasteiger partial charge in [0.15, 0.2) is 0 Å². The molecule has 10 aromatic carbocycles. The number of nitrogens with zero attached hydrogens (tertiary/aromatic N) is 2. The van der Waals surface area contributed by atoms with Gasteiger partial charge in [0.1, 0.15) is 0 Å². The molecule has 0 amide bonds. The second-order valence-electron chi connectivity index (χ2n) is 44.3. The summed E-state index contributed by atoms with van der Waals surface area (Å²) in [5.74, 6) is 4.47. The van der Waals surface area contributed by atoms with E-state index in [2.05, 4.69) is 234 Å². The van der Waals surface area contributed by atoms with Crippen molar-refractivity contribution in [3.63, 3.8) is 0 Å². The lowest BCUT2D eigenvalue weighted by Gasteiger charge is -2.36. The molecule has 118 heavy (non-hydrogen) atoms. The minimum atomic E-state index is -1.91. The van der Waals surface area contributed by atoms with Crippen LogP contribution in [0.1, 0.15) is 349 Å². The zero-order valence-electron chi connectivity index (χ0n) is 75.7. The fraction of sp³-hybridized carbons (Fsp3) is 0.536. The highest BCUT2D eigenvalue weighted by atomic mass is 28.3. The van der Waals surface area contributed by atoms with Crippen LogP contribution >= 0.6 is 0 Å². The summed E-state index contributed by atoms with van der Waals surface area (Å²) in [7, 11) is -7.63. The van der Waals surface area contributed by atoms with Crippen LogP contribution in [0, 0.1) is 0 Å². The maximum atomic E-state index is 3.01. The lowest BCUT2D eigenvalue weighted by Crippen LogP contribution is -2.45. The second kappa shape index (κ2) is 34.8. The number of rotatable bonds is 19. The van der Waals surface area contributed by atoms with Crippen LogP contribution in [-0.2, 0) is 0 Å². The van der Waals surface area contributed by atoms with E-state index in [1.54, 1.807) is 65.3 Å². The molecular formula is C112H148N2Si4. The van der Waals surface area contributed by atoms with E-state index in [4.69, 9.17) is 0 Å². The molecule has 0 unspecified atom stereocenters. The highest BCUT2D eigenvalue weighted by molar-refractivity contribution is 6.92. The molecule has 2 nitrogen and oxygen atoms in total. The largest absolute Gasteiger partial charge is 0.309 e. The monoisotopic (exact) mass is 1630 g/mol. The molecule has 8 fully saturated rings. The summed E-state index contributed by atoms with van der Waals surface area (Å²) in [6, 6.07) is 66.8. The van der Waals surface area contributed by atoms with E-state index in [1.807, 2.05) is 0 Å². The van der Waals surface area contributed by atoms with Crippen LogP contribution in [0.3, 0.4) is 0 Å². The maximum absolute atomic E-state index is 3.01. The Kier molecular flexibility index (Phi) is 24.4. The molecule has 10 aromatic rings. The van der Waals surface area contributed by atoms with Crippen LogP contribution in [0.15, 0.2) is 146 Å². The molecule has 0 saturated heterocycles. The first-order valence-corrected chi connectivity index (χ1v) is 63.3. The van der Waals surface area contributed by atoms with Crippen molar-refractivity contribution in [2.24, 2.45) is 0 Å². The van der Waals surface area contributed by atoms with E-state index in [1.165, 1.54) is 345 Å². The van der Waals surface area contributed by atoms with E-state index in [-0.39, 0.29) is 0 Å². The van der Waals surface area contributed by atoms with Crippen molar-refractivity contribution in [2.45, 2.75) is 383 Å². The van der Waals surface area contributed by atoms with Gasteiger partial charge in [-0.1, -0.05) is 338 Å². The Hall–Kier alpha value is -6.29. The predicted molar refractivity (Wildman–Crippen MR) is 530 cm³/mol. The summed E-state index contributed by atoms with van der Waals surface area (Å²) in [6.45, 7) is 31.6. The van der Waals surface area contributed by atoms with Gasteiger partial charge in [0.05, 0.1) is 43.7 Å². The zero-order valence-corrected chi connectivity index (χ0v) is 79.7. The fourth-order valence-corrected chi connectivity index (χ4v) is 29.5. The van der Waals surface area contributed by atoms with Gasteiger partial charge in [0.2, 0.25) is 0 Å². The van der Waals surface area contributed by atoms with Crippen LogP contribution < -0.4 is 30.5 Å². The summed E-state index contributed by atoms with van der Waals surface area (Å²) in [4.78, 5) is 6.01. The lowest BCUT2D eigenvalue weighted by atomic mass is 9.77. The minimum Gasteiger partial charge on any atom is -0.309 e. The molecule has 0 bridgehead atoms. The molecule has 0 atom stereocenters. The molecule has 6 heteroatoms. The number of hydrogen-bond donors (Lipinski definition) is 0. The Labute approximate surface area is 718 Å². The number of anilines is 6. The van der Waals surface area contributed by atoms with E-state index < -0.39 is 32.3 Å². The van der Waals surface area contributed by atoms with E-state index >= 15 is 0 Å². The summed E-state index contributed by atoms with van der Waals surface area (Å²) in [5, 5.41) is 18.0. The van der Waals surface area contributed by atoms with Gasteiger partial charge in [-0.25, -0.2) is 0 Å². The Morgan fingerprint density at radius 3 is 0.593 bits per heavy atom. The first-order valence-electron chi connectivity index (χ1n) is 49.3. The van der Waals surface area contributed by atoms with Crippen molar-refractivity contribution in [3.05, 3.63) is 190 Å². The lowest BCUT2D eigenvalue weighted by molar-refractivity contribution is 0.435. The summed E-state index contributed by atoms with van der Waals surface area (Å²) in [6.07, 6.45) is 52.7. The third kappa shape index (κ3) is 17.3. The van der Waals surface area contributed by atoms with Crippen LogP contribution in [-0.4, -0.2) is 32.3 Å². The smallest absolute Gasteiger partial charge is 0.0776 e. The summed E-state index contributed by atoms with van der Waals surface area (Å²) < 4.78 is 0. The molecular weight excluding hydrogens is 1490 g/mol. The van der Waals surface area contributed by atoms with Crippen molar-refractivity contribution in [3.8, 4) is 11.1 Å². The van der Waals surface area contributed by atoms with Crippen molar-refractivity contribution in [2.75, 3.05) is 9.80 Å². The van der Waals surface area contributed by atoms with Gasteiger partial charge in [-0.15, -0.1) is 0 Å². The molecule has 18 rings (SSSR count). The average Bonchev–Trinajstić information content (AvgIpc) is 0.698. The van der Waals surface area contributed by atoms with Crippen molar-refractivity contribution in [1.29, 1.82) is 0 Å². The van der Waals surface area contributed by atoms with Gasteiger partial charge in [-0.05, 0) is 288 Å². The average molecular weight is 1630 g/mol. The third-order valence-electron chi connectivity index (χ3n) is 31.8. The Morgan fingerprint density at radius 1 is 0.178 bits per heavy atom. The van der Waals surface area contributed by atoms with E-state index in [0.29, 0.717) is 47.3 Å². The molecule has 622 valence electrons. The standard InChI is InChI=1S/C112H148N2Si4/c1-115(2,3)97-71-95(72-98(75-97)116(4,5)6)113(93-63-89(81-45-29-17-30-46-81)61-90(64-93)82-47-31-18-32-48-82)111-103-59-55-85(77-37-21-13-22-38-77)67-105(103)109(101-57-53-87(69-107(101)111)79-41-25-15-26-42-79)110-102-58-54-88(80-43-27-16-28-44-80)70-108(102)112(104-60-56-86(68-106(104)110)78-39-23-14-24-40-78)114(96-73-99(117(7,8)9)76-100(74-96)118(10,11)12)94-65-91(83-49-33-19-34-50-83)62-92(66-94)84-51-35-20-36-52-84/h53-84H,13-52H2,1-12H3. The van der Waals surface area contributed by atoms with Crippen molar-refractivity contribution < 1.29 is 0 Å². The van der Waals surface area contributed by atoms with Crippen molar-refractivity contribution >= 4 is 130 Å². The van der Waals surface area contributed by atoms with Crippen LogP contribution in [0.25, 0.3) is 54.2 Å².